The predicted octanol–water partition coefficient (Wildman–Crippen LogP) is 2.42. The van der Waals surface area contributed by atoms with Crippen LogP contribution in [0.4, 0.5) is 5.69 Å². The van der Waals surface area contributed by atoms with E-state index in [-0.39, 0.29) is 5.91 Å². The number of anilines is 1. The minimum Gasteiger partial charge on any atom is -0.399 e. The van der Waals surface area contributed by atoms with E-state index in [0.29, 0.717) is 23.7 Å². The maximum absolute atomic E-state index is 11.7. The summed E-state index contributed by atoms with van der Waals surface area (Å²) in [7, 11) is 0. The fourth-order valence-electron chi connectivity index (χ4n) is 1.14. The zero-order valence-electron chi connectivity index (χ0n) is 8.88. The van der Waals surface area contributed by atoms with Gasteiger partial charge in [0.05, 0.1) is 0 Å². The van der Waals surface area contributed by atoms with Crippen molar-refractivity contribution in [2.75, 3.05) is 12.3 Å². The van der Waals surface area contributed by atoms with Gasteiger partial charge in [0.15, 0.2) is 0 Å². The van der Waals surface area contributed by atoms with Gasteiger partial charge in [0.2, 0.25) is 0 Å². The van der Waals surface area contributed by atoms with Gasteiger partial charge in [-0.1, -0.05) is 29.8 Å². The number of benzene rings is 1. The zero-order chi connectivity index (χ0) is 11.4. The third-order valence-corrected chi connectivity index (χ3v) is 2.31. The fourth-order valence-corrected chi connectivity index (χ4v) is 1.65. The standard InChI is InChI=1S/C11H15BrN2O/c1-7(2)6-14-11(15)8-3-9(12)5-10(13)4-8/h3-5,7H,6,13H2,1-2H3,(H,14,15). The van der Waals surface area contributed by atoms with Crippen molar-refractivity contribution in [2.45, 2.75) is 13.8 Å². The van der Waals surface area contributed by atoms with Crippen molar-refractivity contribution in [1.29, 1.82) is 0 Å². The summed E-state index contributed by atoms with van der Waals surface area (Å²) in [5, 5.41) is 2.84. The fraction of sp³-hybridized carbons (Fsp3) is 0.364. The number of amides is 1. The van der Waals surface area contributed by atoms with Crippen molar-refractivity contribution in [1.82, 2.24) is 5.32 Å². The molecule has 1 aromatic carbocycles. The quantitative estimate of drug-likeness (QED) is 0.829. The van der Waals surface area contributed by atoms with Crippen LogP contribution in [0.2, 0.25) is 0 Å². The number of nitrogens with one attached hydrogen (secondary N) is 1. The summed E-state index contributed by atoms with van der Waals surface area (Å²) in [5.41, 5.74) is 6.81. The molecule has 15 heavy (non-hydrogen) atoms. The highest BCUT2D eigenvalue weighted by atomic mass is 79.9. The van der Waals surface area contributed by atoms with Crippen LogP contribution < -0.4 is 11.1 Å². The van der Waals surface area contributed by atoms with Crippen LogP contribution in [0.1, 0.15) is 24.2 Å². The van der Waals surface area contributed by atoms with Crippen molar-refractivity contribution < 1.29 is 4.79 Å². The molecule has 0 saturated carbocycles. The Kier molecular flexibility index (Phi) is 4.15. The molecule has 1 amide bonds. The lowest BCUT2D eigenvalue weighted by molar-refractivity contribution is 0.0949. The molecule has 0 saturated heterocycles. The molecule has 1 rings (SSSR count). The Hall–Kier alpha value is -1.03. The van der Waals surface area contributed by atoms with Crippen molar-refractivity contribution in [3.05, 3.63) is 28.2 Å². The maximum atomic E-state index is 11.7. The number of carbonyl (C=O) groups excluding carboxylic acids is 1. The van der Waals surface area contributed by atoms with E-state index in [1.165, 1.54) is 0 Å². The molecule has 0 radical (unpaired) electrons. The van der Waals surface area contributed by atoms with Gasteiger partial charge in [-0.2, -0.15) is 0 Å². The van der Waals surface area contributed by atoms with Gasteiger partial charge in [-0.05, 0) is 24.1 Å². The van der Waals surface area contributed by atoms with E-state index >= 15 is 0 Å². The van der Waals surface area contributed by atoms with E-state index in [1.807, 2.05) is 0 Å². The van der Waals surface area contributed by atoms with E-state index in [4.69, 9.17) is 5.73 Å². The number of rotatable bonds is 3. The third kappa shape index (κ3) is 3.91. The summed E-state index contributed by atoms with van der Waals surface area (Å²) in [6, 6.07) is 5.19. The Morgan fingerprint density at radius 2 is 2.13 bits per heavy atom. The lowest BCUT2D eigenvalue weighted by Gasteiger charge is -2.08. The molecule has 3 nitrogen and oxygen atoms in total. The Labute approximate surface area is 98.2 Å². The second kappa shape index (κ2) is 5.16. The predicted molar refractivity (Wildman–Crippen MR) is 65.7 cm³/mol. The van der Waals surface area contributed by atoms with E-state index in [0.717, 1.165) is 4.47 Å². The van der Waals surface area contributed by atoms with Crippen LogP contribution in [0.3, 0.4) is 0 Å². The van der Waals surface area contributed by atoms with Crippen molar-refractivity contribution >= 4 is 27.5 Å². The molecule has 0 spiro atoms. The summed E-state index contributed by atoms with van der Waals surface area (Å²) >= 11 is 3.30. The molecule has 0 unspecified atom stereocenters. The summed E-state index contributed by atoms with van der Waals surface area (Å²) in [4.78, 5) is 11.7. The molecule has 0 aromatic heterocycles. The van der Waals surface area contributed by atoms with Gasteiger partial charge in [-0.15, -0.1) is 0 Å². The molecule has 0 aliphatic rings. The Bertz CT molecular complexity index is 343. The average molecular weight is 271 g/mol. The largest absolute Gasteiger partial charge is 0.399 e. The summed E-state index contributed by atoms with van der Waals surface area (Å²) in [6.45, 7) is 4.77. The van der Waals surface area contributed by atoms with Gasteiger partial charge in [0.25, 0.3) is 5.91 Å². The number of carbonyl (C=O) groups is 1. The van der Waals surface area contributed by atoms with Crippen LogP contribution in [-0.2, 0) is 0 Å². The van der Waals surface area contributed by atoms with Gasteiger partial charge in [0.1, 0.15) is 0 Å². The van der Waals surface area contributed by atoms with Gasteiger partial charge < -0.3 is 11.1 Å². The lowest BCUT2D eigenvalue weighted by atomic mass is 10.1. The van der Waals surface area contributed by atoms with Crippen LogP contribution in [0.25, 0.3) is 0 Å². The van der Waals surface area contributed by atoms with Crippen molar-refractivity contribution in [2.24, 2.45) is 5.92 Å². The minimum atomic E-state index is -0.0864. The number of hydrogen-bond donors (Lipinski definition) is 2. The summed E-state index contributed by atoms with van der Waals surface area (Å²) in [6.07, 6.45) is 0. The summed E-state index contributed by atoms with van der Waals surface area (Å²) in [5.74, 6) is 0.357. The van der Waals surface area contributed by atoms with Gasteiger partial charge in [-0.25, -0.2) is 0 Å². The van der Waals surface area contributed by atoms with Crippen LogP contribution in [0.15, 0.2) is 22.7 Å². The first-order valence-electron chi connectivity index (χ1n) is 4.83. The first-order chi connectivity index (χ1) is 6.99. The van der Waals surface area contributed by atoms with Crippen LogP contribution in [0.5, 0.6) is 0 Å². The molecule has 0 fully saturated rings. The molecular weight excluding hydrogens is 256 g/mol. The van der Waals surface area contributed by atoms with E-state index in [2.05, 4.69) is 35.1 Å². The summed E-state index contributed by atoms with van der Waals surface area (Å²) < 4.78 is 0.817. The van der Waals surface area contributed by atoms with Gasteiger partial charge in [0, 0.05) is 22.3 Å². The highest BCUT2D eigenvalue weighted by molar-refractivity contribution is 9.10. The van der Waals surface area contributed by atoms with Crippen LogP contribution >= 0.6 is 15.9 Å². The lowest BCUT2D eigenvalue weighted by Crippen LogP contribution is -2.27. The highest BCUT2D eigenvalue weighted by Gasteiger charge is 2.07. The molecule has 4 heteroatoms. The Morgan fingerprint density at radius 3 is 2.67 bits per heavy atom. The van der Waals surface area contributed by atoms with E-state index in [1.54, 1.807) is 18.2 Å². The molecule has 0 atom stereocenters. The van der Waals surface area contributed by atoms with E-state index in [9.17, 15) is 4.79 Å². The highest BCUT2D eigenvalue weighted by Crippen LogP contribution is 2.17. The third-order valence-electron chi connectivity index (χ3n) is 1.85. The number of nitrogen functional groups attached to an aromatic ring is 1. The first kappa shape index (κ1) is 12.0. The Balaban J connectivity index is 2.73. The molecule has 0 aliphatic carbocycles. The topological polar surface area (TPSA) is 55.1 Å². The maximum Gasteiger partial charge on any atom is 0.251 e. The number of halogens is 1. The Morgan fingerprint density at radius 1 is 1.47 bits per heavy atom. The zero-order valence-corrected chi connectivity index (χ0v) is 10.5. The van der Waals surface area contributed by atoms with E-state index < -0.39 is 0 Å². The minimum absolute atomic E-state index is 0.0864. The first-order valence-corrected chi connectivity index (χ1v) is 5.62. The van der Waals surface area contributed by atoms with Crippen molar-refractivity contribution in [3.8, 4) is 0 Å². The van der Waals surface area contributed by atoms with Crippen LogP contribution in [-0.4, -0.2) is 12.5 Å². The van der Waals surface area contributed by atoms with Gasteiger partial charge >= 0.3 is 0 Å². The molecule has 0 bridgehead atoms. The second-order valence-corrected chi connectivity index (χ2v) is 4.79. The molecule has 82 valence electrons. The number of hydrogen-bond acceptors (Lipinski definition) is 2. The SMILES string of the molecule is CC(C)CNC(=O)c1cc(N)cc(Br)c1. The smallest absolute Gasteiger partial charge is 0.251 e. The number of nitrogens with two attached hydrogens (primary N) is 1. The van der Waals surface area contributed by atoms with Gasteiger partial charge in [-0.3, -0.25) is 4.79 Å². The molecule has 0 heterocycles. The average Bonchev–Trinajstić information content (AvgIpc) is 2.12. The normalized spacial score (nSPS) is 10.4. The molecule has 3 N–H and O–H groups in total. The van der Waals surface area contributed by atoms with Crippen LogP contribution in [0, 0.1) is 5.92 Å². The molecular formula is C11H15BrN2O. The van der Waals surface area contributed by atoms with Crippen molar-refractivity contribution in [3.63, 3.8) is 0 Å². The second-order valence-electron chi connectivity index (χ2n) is 3.88. The molecule has 0 aliphatic heterocycles. The monoisotopic (exact) mass is 270 g/mol. The molecule has 1 aromatic rings.